The van der Waals surface area contributed by atoms with Crippen LogP contribution < -0.4 is 11.3 Å². The Balaban J connectivity index is 2.22. The quantitative estimate of drug-likeness (QED) is 0.625. The van der Waals surface area contributed by atoms with Crippen molar-refractivity contribution in [3.8, 4) is 0 Å². The van der Waals surface area contributed by atoms with Gasteiger partial charge in [0.1, 0.15) is 11.6 Å². The maximum absolute atomic E-state index is 13.7. The Morgan fingerprint density at radius 2 is 2.20 bits per heavy atom. The van der Waals surface area contributed by atoms with Gasteiger partial charge < -0.3 is 0 Å². The highest BCUT2D eigenvalue weighted by molar-refractivity contribution is 5.21. The molecule has 7 heteroatoms. The molecule has 1 unspecified atom stereocenters. The number of nitrogens with one attached hydrogen (secondary N) is 1. The zero-order valence-corrected chi connectivity index (χ0v) is 11.2. The van der Waals surface area contributed by atoms with Gasteiger partial charge in [-0.3, -0.25) is 11.3 Å². The second-order valence-corrected chi connectivity index (χ2v) is 4.54. The molecule has 0 saturated carbocycles. The minimum Gasteiger partial charge on any atom is -0.271 e. The first-order valence-electron chi connectivity index (χ1n) is 6.44. The van der Waals surface area contributed by atoms with Crippen LogP contribution in [0.1, 0.15) is 30.6 Å². The lowest BCUT2D eigenvalue weighted by molar-refractivity contribution is 0.465. The van der Waals surface area contributed by atoms with E-state index in [9.17, 15) is 8.78 Å². The second-order valence-electron chi connectivity index (χ2n) is 4.54. The van der Waals surface area contributed by atoms with E-state index in [4.69, 9.17) is 5.84 Å². The van der Waals surface area contributed by atoms with Crippen molar-refractivity contribution >= 4 is 0 Å². The van der Waals surface area contributed by atoms with Crippen molar-refractivity contribution in [2.45, 2.75) is 32.4 Å². The number of hydrogen-bond acceptors (Lipinski definition) is 4. The van der Waals surface area contributed by atoms with E-state index in [1.54, 1.807) is 10.9 Å². The summed E-state index contributed by atoms with van der Waals surface area (Å²) in [6.45, 7) is 2.73. The molecule has 0 bridgehead atoms. The maximum atomic E-state index is 13.7. The standard InChI is InChI=1S/C13H17F2N5/c1-2-5-20-13(8-17-19-20)12(18-16)6-9-3-4-10(14)7-11(9)15/h3-4,7-8,12,18H,2,5-6,16H2,1H3. The van der Waals surface area contributed by atoms with Gasteiger partial charge in [-0.15, -0.1) is 5.10 Å². The molecular formula is C13H17F2N5. The highest BCUT2D eigenvalue weighted by Gasteiger charge is 2.18. The molecule has 2 rings (SSSR count). The highest BCUT2D eigenvalue weighted by atomic mass is 19.1. The zero-order valence-electron chi connectivity index (χ0n) is 11.2. The number of rotatable bonds is 6. The monoisotopic (exact) mass is 281 g/mol. The van der Waals surface area contributed by atoms with E-state index in [1.165, 1.54) is 12.1 Å². The van der Waals surface area contributed by atoms with E-state index in [-0.39, 0.29) is 6.04 Å². The maximum Gasteiger partial charge on any atom is 0.129 e. The van der Waals surface area contributed by atoms with Crippen LogP contribution in [0, 0.1) is 11.6 Å². The number of halogens is 2. The van der Waals surface area contributed by atoms with Crippen LogP contribution >= 0.6 is 0 Å². The Morgan fingerprint density at radius 3 is 2.85 bits per heavy atom. The van der Waals surface area contributed by atoms with Crippen LogP contribution in [0.2, 0.25) is 0 Å². The summed E-state index contributed by atoms with van der Waals surface area (Å²) in [4.78, 5) is 0. The predicted molar refractivity (Wildman–Crippen MR) is 70.4 cm³/mol. The first-order valence-corrected chi connectivity index (χ1v) is 6.44. The number of aryl methyl sites for hydroxylation is 1. The van der Waals surface area contributed by atoms with Crippen molar-refractivity contribution in [2.24, 2.45) is 5.84 Å². The number of nitrogens with two attached hydrogens (primary N) is 1. The summed E-state index contributed by atoms with van der Waals surface area (Å²) in [6.07, 6.45) is 2.79. The van der Waals surface area contributed by atoms with Gasteiger partial charge in [0, 0.05) is 12.6 Å². The van der Waals surface area contributed by atoms with Crippen molar-refractivity contribution in [1.29, 1.82) is 0 Å². The van der Waals surface area contributed by atoms with Crippen molar-refractivity contribution in [3.05, 3.63) is 47.3 Å². The average Bonchev–Trinajstić information content (AvgIpc) is 2.87. The summed E-state index contributed by atoms with van der Waals surface area (Å²) in [5.74, 6) is 4.36. The fourth-order valence-corrected chi connectivity index (χ4v) is 2.08. The van der Waals surface area contributed by atoms with Gasteiger partial charge >= 0.3 is 0 Å². The first-order chi connectivity index (χ1) is 9.65. The third-order valence-electron chi connectivity index (χ3n) is 3.08. The van der Waals surface area contributed by atoms with E-state index in [0.717, 1.165) is 18.2 Å². The molecule has 0 spiro atoms. The minimum atomic E-state index is -0.596. The SMILES string of the molecule is CCCn1nncc1C(Cc1ccc(F)cc1F)NN. The molecule has 1 aromatic carbocycles. The normalized spacial score (nSPS) is 12.6. The summed E-state index contributed by atoms with van der Waals surface area (Å²) in [6, 6.07) is 3.18. The number of hydrazine groups is 1. The largest absolute Gasteiger partial charge is 0.271 e. The zero-order chi connectivity index (χ0) is 14.5. The fourth-order valence-electron chi connectivity index (χ4n) is 2.08. The van der Waals surface area contributed by atoms with Gasteiger partial charge in [0.25, 0.3) is 0 Å². The molecule has 0 aliphatic rings. The molecule has 0 fully saturated rings. The van der Waals surface area contributed by atoms with Gasteiger partial charge in [-0.25, -0.2) is 13.5 Å². The summed E-state index contributed by atoms with van der Waals surface area (Å²) in [7, 11) is 0. The van der Waals surface area contributed by atoms with Gasteiger partial charge in [-0.2, -0.15) is 0 Å². The molecule has 0 aliphatic heterocycles. The molecular weight excluding hydrogens is 264 g/mol. The van der Waals surface area contributed by atoms with Crippen LogP contribution in [0.5, 0.6) is 0 Å². The molecule has 0 radical (unpaired) electrons. The van der Waals surface area contributed by atoms with Gasteiger partial charge in [-0.1, -0.05) is 18.2 Å². The van der Waals surface area contributed by atoms with Crippen LogP contribution in [-0.2, 0) is 13.0 Å². The molecule has 1 atom stereocenters. The summed E-state index contributed by atoms with van der Waals surface area (Å²) >= 11 is 0. The molecule has 0 saturated heterocycles. The highest BCUT2D eigenvalue weighted by Crippen LogP contribution is 2.19. The molecule has 1 aromatic heterocycles. The van der Waals surface area contributed by atoms with Crippen LogP contribution in [0.25, 0.3) is 0 Å². The van der Waals surface area contributed by atoms with E-state index >= 15 is 0 Å². The van der Waals surface area contributed by atoms with Crippen LogP contribution in [-0.4, -0.2) is 15.0 Å². The van der Waals surface area contributed by atoms with Crippen LogP contribution in [0.4, 0.5) is 8.78 Å². The van der Waals surface area contributed by atoms with E-state index in [2.05, 4.69) is 15.7 Å². The Kier molecular flexibility index (Phi) is 4.75. The number of nitrogens with zero attached hydrogens (tertiary/aromatic N) is 3. The number of benzene rings is 1. The molecule has 0 amide bonds. The Morgan fingerprint density at radius 1 is 1.40 bits per heavy atom. The lowest BCUT2D eigenvalue weighted by Crippen LogP contribution is -2.31. The molecule has 0 aliphatic carbocycles. The summed E-state index contributed by atoms with van der Waals surface area (Å²) in [5.41, 5.74) is 3.80. The van der Waals surface area contributed by atoms with Crippen molar-refractivity contribution in [2.75, 3.05) is 0 Å². The van der Waals surface area contributed by atoms with Crippen molar-refractivity contribution < 1.29 is 8.78 Å². The predicted octanol–water partition coefficient (Wildman–Crippen LogP) is 1.71. The number of aromatic nitrogens is 3. The van der Waals surface area contributed by atoms with E-state index in [0.29, 0.717) is 18.5 Å². The fraction of sp³-hybridized carbons (Fsp3) is 0.385. The van der Waals surface area contributed by atoms with Crippen molar-refractivity contribution in [1.82, 2.24) is 20.4 Å². The molecule has 3 N–H and O–H groups in total. The van der Waals surface area contributed by atoms with Crippen LogP contribution in [0.3, 0.4) is 0 Å². The molecule has 1 heterocycles. The summed E-state index contributed by atoms with van der Waals surface area (Å²) < 4.78 is 28.3. The molecule has 5 nitrogen and oxygen atoms in total. The summed E-state index contributed by atoms with van der Waals surface area (Å²) in [5, 5.41) is 7.82. The molecule has 20 heavy (non-hydrogen) atoms. The lowest BCUT2D eigenvalue weighted by atomic mass is 10.0. The van der Waals surface area contributed by atoms with E-state index < -0.39 is 11.6 Å². The van der Waals surface area contributed by atoms with E-state index in [1.807, 2.05) is 6.92 Å². The van der Waals surface area contributed by atoms with Gasteiger partial charge in [0.05, 0.1) is 17.9 Å². The van der Waals surface area contributed by atoms with Gasteiger partial charge in [0.15, 0.2) is 0 Å². The topological polar surface area (TPSA) is 68.8 Å². The smallest absolute Gasteiger partial charge is 0.129 e. The third-order valence-corrected chi connectivity index (χ3v) is 3.08. The van der Waals surface area contributed by atoms with Crippen LogP contribution in [0.15, 0.2) is 24.4 Å². The van der Waals surface area contributed by atoms with Crippen molar-refractivity contribution in [3.63, 3.8) is 0 Å². The average molecular weight is 281 g/mol. The Bertz CT molecular complexity index is 570. The Hall–Kier alpha value is -1.86. The third kappa shape index (κ3) is 3.17. The second kappa shape index (κ2) is 6.53. The lowest BCUT2D eigenvalue weighted by Gasteiger charge is -2.17. The molecule has 108 valence electrons. The molecule has 2 aromatic rings. The van der Waals surface area contributed by atoms with Gasteiger partial charge in [0.2, 0.25) is 0 Å². The first kappa shape index (κ1) is 14.5. The Labute approximate surface area is 115 Å². The minimum absolute atomic E-state index is 0.291. The van der Waals surface area contributed by atoms with Gasteiger partial charge in [-0.05, 0) is 24.5 Å². The number of hydrogen-bond donors (Lipinski definition) is 2.